The fraction of sp³-hybridized carbons (Fsp3) is 0.556. The normalized spacial score (nSPS) is 15.8. The van der Waals surface area contributed by atoms with E-state index in [-0.39, 0.29) is 28.6 Å². The van der Waals surface area contributed by atoms with Crippen LogP contribution >= 0.6 is 11.6 Å². The van der Waals surface area contributed by atoms with Gasteiger partial charge < -0.3 is 15.0 Å². The summed E-state index contributed by atoms with van der Waals surface area (Å²) < 4.78 is 19.1. The van der Waals surface area contributed by atoms with Gasteiger partial charge in [-0.25, -0.2) is 9.18 Å². The Kier molecular flexibility index (Phi) is 6.27. The first-order valence-corrected chi connectivity index (χ1v) is 8.74. The van der Waals surface area contributed by atoms with Crippen LogP contribution < -0.4 is 5.32 Å². The third kappa shape index (κ3) is 6.20. The van der Waals surface area contributed by atoms with Gasteiger partial charge in [-0.2, -0.15) is 0 Å². The van der Waals surface area contributed by atoms with Gasteiger partial charge in [-0.3, -0.25) is 4.79 Å². The van der Waals surface area contributed by atoms with Crippen molar-refractivity contribution >= 4 is 29.3 Å². The minimum atomic E-state index is -0.555. The summed E-state index contributed by atoms with van der Waals surface area (Å²) in [5.41, 5.74) is -0.392. The Bertz CT molecular complexity index is 638. The first kappa shape index (κ1) is 19.5. The van der Waals surface area contributed by atoms with Crippen LogP contribution in [0.25, 0.3) is 0 Å². The molecule has 0 radical (unpaired) electrons. The molecule has 1 aliphatic rings. The number of anilines is 1. The van der Waals surface area contributed by atoms with Crippen molar-refractivity contribution in [1.29, 1.82) is 0 Å². The molecule has 0 aliphatic carbocycles. The molecule has 0 unspecified atom stereocenters. The molecule has 1 N–H and O–H groups in total. The summed E-state index contributed by atoms with van der Waals surface area (Å²) in [5, 5.41) is 2.85. The van der Waals surface area contributed by atoms with E-state index in [0.717, 1.165) is 18.9 Å². The number of carbonyl (C=O) groups is 2. The minimum Gasteiger partial charge on any atom is -0.444 e. The fourth-order valence-corrected chi connectivity index (χ4v) is 2.86. The van der Waals surface area contributed by atoms with E-state index >= 15 is 0 Å². The number of ether oxygens (including phenoxy) is 1. The van der Waals surface area contributed by atoms with E-state index < -0.39 is 11.4 Å². The Morgan fingerprint density at radius 1 is 1.32 bits per heavy atom. The maximum Gasteiger partial charge on any atom is 0.410 e. The van der Waals surface area contributed by atoms with Crippen LogP contribution in [0.1, 0.15) is 40.0 Å². The molecule has 1 aromatic rings. The largest absolute Gasteiger partial charge is 0.444 e. The molecule has 1 fully saturated rings. The van der Waals surface area contributed by atoms with Crippen LogP contribution in [0.15, 0.2) is 18.2 Å². The molecule has 7 heteroatoms. The van der Waals surface area contributed by atoms with Gasteiger partial charge in [0, 0.05) is 24.5 Å². The highest BCUT2D eigenvalue weighted by molar-refractivity contribution is 6.30. The molecular weight excluding hydrogens is 347 g/mol. The van der Waals surface area contributed by atoms with Crippen molar-refractivity contribution in [1.82, 2.24) is 4.90 Å². The number of hydrogen-bond acceptors (Lipinski definition) is 3. The van der Waals surface area contributed by atoms with Gasteiger partial charge in [-0.1, -0.05) is 11.6 Å². The predicted octanol–water partition coefficient (Wildman–Crippen LogP) is 4.45. The molecular formula is C18H24ClFN2O3. The summed E-state index contributed by atoms with van der Waals surface area (Å²) in [6.07, 6.45) is 1.41. The SMILES string of the molecule is CC(C)(C)OC(=O)N1CCC(CC(=O)Nc2ccc(Cl)cc2F)CC1. The third-order valence-corrected chi connectivity index (χ3v) is 4.18. The average Bonchev–Trinajstić information content (AvgIpc) is 2.49. The number of benzene rings is 1. The molecule has 0 saturated carbocycles. The van der Waals surface area contributed by atoms with Crippen LogP contribution in [0, 0.1) is 11.7 Å². The number of piperidine rings is 1. The van der Waals surface area contributed by atoms with E-state index in [9.17, 15) is 14.0 Å². The van der Waals surface area contributed by atoms with E-state index in [0.29, 0.717) is 19.5 Å². The molecule has 0 atom stereocenters. The predicted molar refractivity (Wildman–Crippen MR) is 95.2 cm³/mol. The summed E-state index contributed by atoms with van der Waals surface area (Å²) in [6.45, 7) is 6.61. The molecule has 25 heavy (non-hydrogen) atoms. The molecule has 0 aromatic heterocycles. The maximum atomic E-state index is 13.7. The second-order valence-corrected chi connectivity index (χ2v) is 7.72. The van der Waals surface area contributed by atoms with Gasteiger partial charge in [0.15, 0.2) is 0 Å². The number of likely N-dealkylation sites (tertiary alicyclic amines) is 1. The second kappa shape index (κ2) is 8.04. The van der Waals surface area contributed by atoms with Gasteiger partial charge in [-0.15, -0.1) is 0 Å². The van der Waals surface area contributed by atoms with Gasteiger partial charge in [0.05, 0.1) is 5.69 Å². The number of amides is 2. The zero-order valence-electron chi connectivity index (χ0n) is 14.8. The lowest BCUT2D eigenvalue weighted by molar-refractivity contribution is -0.117. The number of halogens is 2. The molecule has 1 aromatic carbocycles. The van der Waals surface area contributed by atoms with Crippen LogP contribution in [0.3, 0.4) is 0 Å². The molecule has 1 heterocycles. The summed E-state index contributed by atoms with van der Waals surface area (Å²) in [4.78, 5) is 25.8. The van der Waals surface area contributed by atoms with Gasteiger partial charge in [0.2, 0.25) is 5.91 Å². The van der Waals surface area contributed by atoms with Crippen molar-refractivity contribution in [2.45, 2.75) is 45.6 Å². The standard InChI is InChI=1S/C18H24ClFN2O3/c1-18(2,3)25-17(24)22-8-6-12(7-9-22)10-16(23)21-15-5-4-13(19)11-14(15)20/h4-5,11-12H,6-10H2,1-3H3,(H,21,23). The van der Waals surface area contributed by atoms with E-state index in [4.69, 9.17) is 16.3 Å². The Labute approximate surface area is 152 Å². The Hall–Kier alpha value is -1.82. The van der Waals surface area contributed by atoms with Crippen molar-refractivity contribution in [3.8, 4) is 0 Å². The summed E-state index contributed by atoms with van der Waals surface area (Å²) in [7, 11) is 0. The first-order valence-electron chi connectivity index (χ1n) is 8.37. The quantitative estimate of drug-likeness (QED) is 0.854. The molecule has 2 rings (SSSR count). The lowest BCUT2D eigenvalue weighted by Gasteiger charge is -2.33. The number of nitrogens with one attached hydrogen (secondary N) is 1. The topological polar surface area (TPSA) is 58.6 Å². The van der Waals surface area contributed by atoms with E-state index in [1.807, 2.05) is 20.8 Å². The van der Waals surface area contributed by atoms with Crippen molar-refractivity contribution in [2.75, 3.05) is 18.4 Å². The smallest absolute Gasteiger partial charge is 0.410 e. The number of nitrogens with zero attached hydrogens (tertiary/aromatic N) is 1. The highest BCUT2D eigenvalue weighted by Crippen LogP contribution is 2.24. The van der Waals surface area contributed by atoms with Gasteiger partial charge in [0.1, 0.15) is 11.4 Å². The molecule has 1 saturated heterocycles. The molecule has 138 valence electrons. The molecule has 1 aliphatic heterocycles. The van der Waals surface area contributed by atoms with Crippen LogP contribution in [-0.4, -0.2) is 35.6 Å². The number of hydrogen-bond donors (Lipinski definition) is 1. The van der Waals surface area contributed by atoms with Gasteiger partial charge >= 0.3 is 6.09 Å². The Balaban J connectivity index is 1.79. The molecule has 2 amide bonds. The van der Waals surface area contributed by atoms with Crippen molar-refractivity contribution in [2.24, 2.45) is 5.92 Å². The fourth-order valence-electron chi connectivity index (χ4n) is 2.70. The second-order valence-electron chi connectivity index (χ2n) is 7.29. The van der Waals surface area contributed by atoms with Crippen LogP contribution in [0.2, 0.25) is 5.02 Å². The highest BCUT2D eigenvalue weighted by atomic mass is 35.5. The third-order valence-electron chi connectivity index (χ3n) is 3.95. The van der Waals surface area contributed by atoms with E-state index in [1.165, 1.54) is 12.1 Å². The maximum absolute atomic E-state index is 13.7. The van der Waals surface area contributed by atoms with E-state index in [2.05, 4.69) is 5.32 Å². The number of rotatable bonds is 3. The van der Waals surface area contributed by atoms with Crippen molar-refractivity contribution in [3.05, 3.63) is 29.0 Å². The molecule has 0 bridgehead atoms. The molecule has 0 spiro atoms. The van der Waals surface area contributed by atoms with Crippen molar-refractivity contribution in [3.63, 3.8) is 0 Å². The van der Waals surface area contributed by atoms with Gasteiger partial charge in [-0.05, 0) is 57.7 Å². The highest BCUT2D eigenvalue weighted by Gasteiger charge is 2.27. The lowest BCUT2D eigenvalue weighted by Crippen LogP contribution is -2.42. The van der Waals surface area contributed by atoms with Crippen molar-refractivity contribution < 1.29 is 18.7 Å². The molecule has 5 nitrogen and oxygen atoms in total. The van der Waals surface area contributed by atoms with E-state index in [1.54, 1.807) is 4.90 Å². The Morgan fingerprint density at radius 2 is 1.96 bits per heavy atom. The number of carbonyl (C=O) groups excluding carboxylic acids is 2. The average molecular weight is 371 g/mol. The Morgan fingerprint density at radius 3 is 2.52 bits per heavy atom. The first-order chi connectivity index (χ1) is 11.6. The zero-order chi connectivity index (χ0) is 18.6. The van der Waals surface area contributed by atoms with Crippen LogP contribution in [0.5, 0.6) is 0 Å². The van der Waals surface area contributed by atoms with Crippen LogP contribution in [-0.2, 0) is 9.53 Å². The monoisotopic (exact) mass is 370 g/mol. The lowest BCUT2D eigenvalue weighted by atomic mass is 9.93. The van der Waals surface area contributed by atoms with Crippen LogP contribution in [0.4, 0.5) is 14.9 Å². The summed E-state index contributed by atoms with van der Waals surface area (Å²) in [5.74, 6) is -0.633. The summed E-state index contributed by atoms with van der Waals surface area (Å²) in [6, 6.07) is 4.14. The van der Waals surface area contributed by atoms with Gasteiger partial charge in [0.25, 0.3) is 0 Å². The zero-order valence-corrected chi connectivity index (χ0v) is 15.5. The summed E-state index contributed by atoms with van der Waals surface area (Å²) >= 11 is 5.69. The minimum absolute atomic E-state index is 0.126.